The van der Waals surface area contributed by atoms with Gasteiger partial charge < -0.3 is 25.6 Å². The highest BCUT2D eigenvalue weighted by atomic mass is 16.5. The van der Waals surface area contributed by atoms with E-state index in [1.54, 1.807) is 24.3 Å². The number of benzene rings is 4. The number of fused-ring (bicyclic) bond motifs is 1. The Morgan fingerprint density at radius 1 is 0.800 bits per heavy atom. The summed E-state index contributed by atoms with van der Waals surface area (Å²) in [5, 5.41) is 11.0. The Balaban J connectivity index is 1.20. The highest BCUT2D eigenvalue weighted by molar-refractivity contribution is 5.94. The minimum Gasteiger partial charge on any atom is -0.457 e. The number of carbonyl (C=O) groups excluding carboxylic acids is 2. The van der Waals surface area contributed by atoms with Gasteiger partial charge in [-0.3, -0.25) is 4.79 Å². The van der Waals surface area contributed by atoms with Crippen LogP contribution in [0.25, 0.3) is 10.8 Å². The Labute approximate surface area is 235 Å². The van der Waals surface area contributed by atoms with Gasteiger partial charge in [0.05, 0.1) is 0 Å². The molecule has 7 nitrogen and oxygen atoms in total. The molecular formula is C33H36N4O3. The van der Waals surface area contributed by atoms with Crippen LogP contribution >= 0.6 is 0 Å². The van der Waals surface area contributed by atoms with E-state index in [1.807, 2.05) is 48.5 Å². The lowest BCUT2D eigenvalue weighted by Gasteiger charge is -2.20. The fraction of sp³-hybridized carbons (Fsp3) is 0.273. The number of likely N-dealkylation sites (tertiary alicyclic amines) is 1. The largest absolute Gasteiger partial charge is 0.457 e. The van der Waals surface area contributed by atoms with E-state index in [0.29, 0.717) is 24.4 Å². The third kappa shape index (κ3) is 7.83. The van der Waals surface area contributed by atoms with E-state index < -0.39 is 12.1 Å². The molecule has 4 aromatic carbocycles. The first-order chi connectivity index (χ1) is 19.6. The van der Waals surface area contributed by atoms with Crippen molar-refractivity contribution in [3.05, 3.63) is 103 Å². The number of para-hydroxylation sites is 1. The summed E-state index contributed by atoms with van der Waals surface area (Å²) in [5.74, 6) is 1.22. The summed E-state index contributed by atoms with van der Waals surface area (Å²) < 4.78 is 5.83. The molecule has 1 aliphatic rings. The summed E-state index contributed by atoms with van der Waals surface area (Å²) in [7, 11) is 0. The Bertz CT molecular complexity index is 1400. The van der Waals surface area contributed by atoms with Crippen LogP contribution in [-0.2, 0) is 11.2 Å². The van der Waals surface area contributed by atoms with Gasteiger partial charge in [0.15, 0.2) is 0 Å². The predicted molar refractivity (Wildman–Crippen MR) is 160 cm³/mol. The van der Waals surface area contributed by atoms with Crippen LogP contribution in [0.2, 0.25) is 0 Å². The van der Waals surface area contributed by atoms with Crippen LogP contribution in [0.15, 0.2) is 97.1 Å². The third-order valence-electron chi connectivity index (χ3n) is 7.12. The van der Waals surface area contributed by atoms with Crippen LogP contribution in [0.3, 0.4) is 0 Å². The second kappa shape index (κ2) is 13.6. The molecule has 0 aliphatic carbocycles. The maximum Gasteiger partial charge on any atom is 0.319 e. The second-order valence-electron chi connectivity index (χ2n) is 10.2. The molecule has 1 unspecified atom stereocenters. The molecule has 3 N–H and O–H groups in total. The average molecular weight is 537 g/mol. The van der Waals surface area contributed by atoms with E-state index in [2.05, 4.69) is 45.1 Å². The van der Waals surface area contributed by atoms with Gasteiger partial charge in [0.2, 0.25) is 5.91 Å². The number of hydrogen-bond acceptors (Lipinski definition) is 4. The Morgan fingerprint density at radius 3 is 2.27 bits per heavy atom. The van der Waals surface area contributed by atoms with E-state index in [-0.39, 0.29) is 5.91 Å². The number of nitrogens with zero attached hydrogens (tertiary/aromatic N) is 1. The Morgan fingerprint density at radius 2 is 1.50 bits per heavy atom. The molecule has 206 valence electrons. The van der Waals surface area contributed by atoms with Crippen molar-refractivity contribution in [1.82, 2.24) is 15.5 Å². The van der Waals surface area contributed by atoms with Gasteiger partial charge in [0.1, 0.15) is 17.5 Å². The summed E-state index contributed by atoms with van der Waals surface area (Å²) in [6, 6.07) is 29.8. The normalized spacial score (nSPS) is 14.0. The summed E-state index contributed by atoms with van der Waals surface area (Å²) in [4.78, 5) is 28.6. The molecular weight excluding hydrogens is 500 g/mol. The minimum absolute atomic E-state index is 0.184. The number of amides is 3. The number of ether oxygens (including phenoxy) is 1. The van der Waals surface area contributed by atoms with Crippen molar-refractivity contribution in [2.45, 2.75) is 31.7 Å². The van der Waals surface area contributed by atoms with E-state index in [1.165, 1.54) is 12.8 Å². The molecule has 0 spiro atoms. The molecule has 1 fully saturated rings. The maximum atomic E-state index is 13.2. The maximum absolute atomic E-state index is 13.2. The summed E-state index contributed by atoms with van der Waals surface area (Å²) in [6.07, 6.45) is 3.78. The molecule has 3 amide bonds. The van der Waals surface area contributed by atoms with E-state index in [9.17, 15) is 9.59 Å². The van der Waals surface area contributed by atoms with Crippen LogP contribution in [0, 0.1) is 0 Å². The molecule has 5 rings (SSSR count). The number of hydrogen-bond donors (Lipinski definition) is 3. The van der Waals surface area contributed by atoms with Crippen LogP contribution in [0.4, 0.5) is 10.5 Å². The topological polar surface area (TPSA) is 82.7 Å². The lowest BCUT2D eigenvalue weighted by atomic mass is 10.0. The van der Waals surface area contributed by atoms with E-state index >= 15 is 0 Å². The molecule has 1 atom stereocenters. The Hall–Kier alpha value is -4.36. The second-order valence-corrected chi connectivity index (χ2v) is 10.2. The molecule has 4 aromatic rings. The van der Waals surface area contributed by atoms with Gasteiger partial charge in [-0.2, -0.15) is 0 Å². The van der Waals surface area contributed by atoms with Crippen LogP contribution in [0.1, 0.15) is 24.8 Å². The number of carbonyl (C=O) groups is 2. The van der Waals surface area contributed by atoms with Crippen molar-refractivity contribution < 1.29 is 14.3 Å². The molecule has 1 aliphatic heterocycles. The van der Waals surface area contributed by atoms with Crippen molar-refractivity contribution in [3.8, 4) is 11.5 Å². The first-order valence-corrected chi connectivity index (χ1v) is 14.0. The van der Waals surface area contributed by atoms with Gasteiger partial charge in [0, 0.05) is 18.7 Å². The first kappa shape index (κ1) is 27.2. The quantitative estimate of drug-likeness (QED) is 0.206. The third-order valence-corrected chi connectivity index (χ3v) is 7.12. The van der Waals surface area contributed by atoms with Gasteiger partial charge in [-0.15, -0.1) is 0 Å². The number of urea groups is 1. The fourth-order valence-corrected chi connectivity index (χ4v) is 5.01. The molecule has 0 aromatic heterocycles. The summed E-state index contributed by atoms with van der Waals surface area (Å²) in [6.45, 7) is 3.84. The van der Waals surface area contributed by atoms with Gasteiger partial charge in [0.25, 0.3) is 0 Å². The lowest BCUT2D eigenvalue weighted by molar-refractivity contribution is -0.122. The molecule has 40 heavy (non-hydrogen) atoms. The average Bonchev–Trinajstić information content (AvgIpc) is 3.50. The van der Waals surface area contributed by atoms with Gasteiger partial charge >= 0.3 is 6.03 Å². The number of anilines is 1. The molecule has 0 saturated carbocycles. The molecule has 1 saturated heterocycles. The van der Waals surface area contributed by atoms with Crippen molar-refractivity contribution in [1.29, 1.82) is 0 Å². The highest BCUT2D eigenvalue weighted by Crippen LogP contribution is 2.23. The summed E-state index contributed by atoms with van der Waals surface area (Å²) >= 11 is 0. The zero-order valence-electron chi connectivity index (χ0n) is 22.6. The zero-order valence-corrected chi connectivity index (χ0v) is 22.6. The summed E-state index contributed by atoms with van der Waals surface area (Å²) in [5.41, 5.74) is 1.59. The standard InChI is InChI=1S/C33H36N4O3/c38-32(34-19-8-22-37-20-6-7-21-37)31(24-25-13-14-26-9-4-5-10-27(26)23-25)36-33(39)35-28-15-17-30(18-16-28)40-29-11-2-1-3-12-29/h1-5,9-18,23,31H,6-8,19-22,24H2,(H,34,38)(H2,35,36,39). The molecule has 1 heterocycles. The van der Waals surface area contributed by atoms with Crippen molar-refractivity contribution in [2.24, 2.45) is 0 Å². The van der Waals surface area contributed by atoms with E-state index in [4.69, 9.17) is 4.74 Å². The number of rotatable bonds is 11. The Kier molecular flexibility index (Phi) is 9.27. The highest BCUT2D eigenvalue weighted by Gasteiger charge is 2.22. The first-order valence-electron chi connectivity index (χ1n) is 14.0. The monoisotopic (exact) mass is 536 g/mol. The van der Waals surface area contributed by atoms with Crippen molar-refractivity contribution in [3.63, 3.8) is 0 Å². The van der Waals surface area contributed by atoms with E-state index in [0.717, 1.165) is 48.1 Å². The minimum atomic E-state index is -0.714. The van der Waals surface area contributed by atoms with Crippen LogP contribution < -0.4 is 20.7 Å². The predicted octanol–water partition coefficient (Wildman–Crippen LogP) is 5.97. The molecule has 7 heteroatoms. The van der Waals surface area contributed by atoms with Crippen molar-refractivity contribution in [2.75, 3.05) is 31.5 Å². The zero-order chi connectivity index (χ0) is 27.6. The van der Waals surface area contributed by atoms with Gasteiger partial charge in [-0.05, 0) is 91.6 Å². The van der Waals surface area contributed by atoms with Crippen LogP contribution in [-0.4, -0.2) is 49.1 Å². The van der Waals surface area contributed by atoms with Crippen LogP contribution in [0.5, 0.6) is 11.5 Å². The lowest BCUT2D eigenvalue weighted by Crippen LogP contribution is -2.49. The van der Waals surface area contributed by atoms with Gasteiger partial charge in [-0.1, -0.05) is 60.7 Å². The molecule has 0 bridgehead atoms. The van der Waals surface area contributed by atoms with Crippen molar-refractivity contribution >= 4 is 28.4 Å². The smallest absolute Gasteiger partial charge is 0.319 e. The molecule has 0 radical (unpaired) electrons. The SMILES string of the molecule is O=C(Nc1ccc(Oc2ccccc2)cc1)NC(Cc1ccc2ccccc2c1)C(=O)NCCCN1CCCC1. The van der Waals surface area contributed by atoms with Gasteiger partial charge in [-0.25, -0.2) is 4.79 Å². The number of nitrogens with one attached hydrogen (secondary N) is 3. The fourth-order valence-electron chi connectivity index (χ4n) is 5.01.